The first-order valence-electron chi connectivity index (χ1n) is 8.88. The van der Waals surface area contributed by atoms with Crippen molar-refractivity contribution in [3.63, 3.8) is 0 Å². The molecule has 9 heteroatoms. The number of benzene rings is 1. The maximum absolute atomic E-state index is 12.7. The average Bonchev–Trinajstić information content (AvgIpc) is 2.88. The maximum atomic E-state index is 12.7. The van der Waals surface area contributed by atoms with Crippen LogP contribution in [0.25, 0.3) is 0 Å². The second-order valence-electron chi connectivity index (χ2n) is 6.55. The number of alkyl halides is 3. The molecule has 0 atom stereocenters. The Kier molecular flexibility index (Phi) is 6.56. The number of hydrogen-bond donors (Lipinski definition) is 1. The fourth-order valence-electron chi connectivity index (χ4n) is 3.05. The molecule has 0 aliphatic carbocycles. The van der Waals surface area contributed by atoms with Gasteiger partial charge in [-0.1, -0.05) is 12.1 Å². The Balaban J connectivity index is 1.54. The monoisotopic (exact) mass is 456 g/mol. The number of nitrogens with one attached hydrogen (secondary N) is 1. The SMILES string of the molecule is O=C(CN1CCCN(c2ccc(C(F)(F)F)cn2)CC1)Nc1ccccc1Br. The highest BCUT2D eigenvalue weighted by Crippen LogP contribution is 2.29. The van der Waals surface area contributed by atoms with Gasteiger partial charge >= 0.3 is 6.18 Å². The Morgan fingerprint density at radius 1 is 1.11 bits per heavy atom. The third-order valence-corrected chi connectivity index (χ3v) is 5.19. The summed E-state index contributed by atoms with van der Waals surface area (Å²) in [5.41, 5.74) is -0.0330. The van der Waals surface area contributed by atoms with Gasteiger partial charge in [-0.05, 0) is 46.6 Å². The second kappa shape index (κ2) is 8.91. The predicted octanol–water partition coefficient (Wildman–Crippen LogP) is 4.01. The van der Waals surface area contributed by atoms with Crippen LogP contribution in [0.5, 0.6) is 0 Å². The first-order chi connectivity index (χ1) is 13.3. The van der Waals surface area contributed by atoms with E-state index in [1.165, 1.54) is 6.07 Å². The lowest BCUT2D eigenvalue weighted by atomic mass is 10.2. The standard InChI is InChI=1S/C19H20BrF3N4O/c20-15-4-1-2-5-16(15)25-18(28)13-26-8-3-9-27(11-10-26)17-7-6-14(12-24-17)19(21,22)23/h1-2,4-7,12H,3,8-11,13H2,(H,25,28). The van der Waals surface area contributed by atoms with Crippen molar-refractivity contribution in [1.82, 2.24) is 9.88 Å². The molecular weight excluding hydrogens is 437 g/mol. The number of rotatable bonds is 4. The maximum Gasteiger partial charge on any atom is 0.417 e. The largest absolute Gasteiger partial charge is 0.417 e. The van der Waals surface area contributed by atoms with Gasteiger partial charge in [0.25, 0.3) is 0 Å². The van der Waals surface area contributed by atoms with Gasteiger partial charge in [-0.2, -0.15) is 13.2 Å². The number of anilines is 2. The highest BCUT2D eigenvalue weighted by atomic mass is 79.9. The molecule has 0 radical (unpaired) electrons. The summed E-state index contributed by atoms with van der Waals surface area (Å²) >= 11 is 3.40. The van der Waals surface area contributed by atoms with Crippen LogP contribution in [0.15, 0.2) is 47.1 Å². The van der Waals surface area contributed by atoms with E-state index in [0.29, 0.717) is 25.5 Å². The normalized spacial score (nSPS) is 15.9. The number of amides is 1. The van der Waals surface area contributed by atoms with Crippen LogP contribution in [0.3, 0.4) is 0 Å². The van der Waals surface area contributed by atoms with Crippen molar-refractivity contribution >= 4 is 33.3 Å². The molecular formula is C19H20BrF3N4O. The third-order valence-electron chi connectivity index (χ3n) is 4.50. The van der Waals surface area contributed by atoms with Gasteiger partial charge < -0.3 is 10.2 Å². The number of carbonyl (C=O) groups is 1. The number of hydrogen-bond acceptors (Lipinski definition) is 4. The fourth-order valence-corrected chi connectivity index (χ4v) is 3.44. The zero-order valence-corrected chi connectivity index (χ0v) is 16.6. The van der Waals surface area contributed by atoms with E-state index in [-0.39, 0.29) is 12.5 Å². The summed E-state index contributed by atoms with van der Waals surface area (Å²) in [4.78, 5) is 20.3. The summed E-state index contributed by atoms with van der Waals surface area (Å²) in [5, 5.41) is 2.88. The first-order valence-corrected chi connectivity index (χ1v) is 9.67. The number of halogens is 4. The molecule has 0 unspecified atom stereocenters. The number of nitrogens with zero attached hydrogens (tertiary/aromatic N) is 3. The molecule has 0 bridgehead atoms. The van der Waals surface area contributed by atoms with Gasteiger partial charge in [0.1, 0.15) is 5.82 Å². The van der Waals surface area contributed by atoms with E-state index in [9.17, 15) is 18.0 Å². The summed E-state index contributed by atoms with van der Waals surface area (Å²) in [6.45, 7) is 2.91. The Morgan fingerprint density at radius 2 is 1.89 bits per heavy atom. The van der Waals surface area contributed by atoms with Gasteiger partial charge in [0.05, 0.1) is 17.8 Å². The van der Waals surface area contributed by atoms with Crippen LogP contribution in [0.1, 0.15) is 12.0 Å². The van der Waals surface area contributed by atoms with E-state index in [2.05, 4.69) is 26.2 Å². The van der Waals surface area contributed by atoms with E-state index < -0.39 is 11.7 Å². The van der Waals surface area contributed by atoms with Crippen molar-refractivity contribution in [2.45, 2.75) is 12.6 Å². The summed E-state index contributed by atoms with van der Waals surface area (Å²) in [7, 11) is 0. The molecule has 1 amide bonds. The molecule has 150 valence electrons. The second-order valence-corrected chi connectivity index (χ2v) is 7.40. The van der Waals surface area contributed by atoms with E-state index in [1.807, 2.05) is 34.1 Å². The minimum atomic E-state index is -4.39. The van der Waals surface area contributed by atoms with Crippen LogP contribution in [0.4, 0.5) is 24.7 Å². The van der Waals surface area contributed by atoms with Gasteiger partial charge in [-0.25, -0.2) is 4.98 Å². The molecule has 0 spiro atoms. The molecule has 2 heterocycles. The minimum Gasteiger partial charge on any atom is -0.355 e. The lowest BCUT2D eigenvalue weighted by Gasteiger charge is -2.23. The van der Waals surface area contributed by atoms with E-state index in [4.69, 9.17) is 0 Å². The quantitative estimate of drug-likeness (QED) is 0.754. The van der Waals surface area contributed by atoms with Crippen LogP contribution in [0, 0.1) is 0 Å². The molecule has 1 aromatic carbocycles. The van der Waals surface area contributed by atoms with Gasteiger partial charge in [0.2, 0.25) is 5.91 Å². The molecule has 1 aromatic heterocycles. The Hall–Kier alpha value is -2.13. The number of aromatic nitrogens is 1. The Bertz CT molecular complexity index is 814. The lowest BCUT2D eigenvalue weighted by Crippen LogP contribution is -2.36. The molecule has 1 saturated heterocycles. The highest BCUT2D eigenvalue weighted by Gasteiger charge is 2.31. The zero-order chi connectivity index (χ0) is 20.1. The van der Waals surface area contributed by atoms with Crippen molar-refractivity contribution in [2.24, 2.45) is 0 Å². The third kappa shape index (κ3) is 5.45. The fraction of sp³-hybridized carbons (Fsp3) is 0.368. The lowest BCUT2D eigenvalue weighted by molar-refractivity contribution is -0.137. The van der Waals surface area contributed by atoms with Crippen molar-refractivity contribution < 1.29 is 18.0 Å². The first kappa shape index (κ1) is 20.6. The van der Waals surface area contributed by atoms with Crippen molar-refractivity contribution in [3.8, 4) is 0 Å². The Labute approximate surface area is 169 Å². The van der Waals surface area contributed by atoms with E-state index in [0.717, 1.165) is 35.4 Å². The average molecular weight is 457 g/mol. The van der Waals surface area contributed by atoms with Crippen LogP contribution in [0.2, 0.25) is 0 Å². The van der Waals surface area contributed by atoms with Crippen molar-refractivity contribution in [2.75, 3.05) is 42.9 Å². The van der Waals surface area contributed by atoms with Crippen LogP contribution < -0.4 is 10.2 Å². The Morgan fingerprint density at radius 3 is 2.57 bits per heavy atom. The molecule has 1 N–H and O–H groups in total. The topological polar surface area (TPSA) is 48.5 Å². The molecule has 5 nitrogen and oxygen atoms in total. The molecule has 2 aromatic rings. The summed E-state index contributed by atoms with van der Waals surface area (Å²) < 4.78 is 38.9. The van der Waals surface area contributed by atoms with Gasteiger partial charge in [0.15, 0.2) is 0 Å². The van der Waals surface area contributed by atoms with Crippen molar-refractivity contribution in [3.05, 3.63) is 52.6 Å². The van der Waals surface area contributed by atoms with Gasteiger partial charge in [-0.15, -0.1) is 0 Å². The smallest absolute Gasteiger partial charge is 0.355 e. The molecule has 0 saturated carbocycles. The van der Waals surface area contributed by atoms with Crippen LogP contribution in [-0.4, -0.2) is 48.5 Å². The van der Waals surface area contributed by atoms with Gasteiger partial charge in [0, 0.05) is 36.8 Å². The number of para-hydroxylation sites is 1. The minimum absolute atomic E-state index is 0.104. The zero-order valence-electron chi connectivity index (χ0n) is 15.0. The summed E-state index contributed by atoms with van der Waals surface area (Å²) in [6.07, 6.45) is -2.73. The van der Waals surface area contributed by atoms with Crippen LogP contribution in [-0.2, 0) is 11.0 Å². The molecule has 3 rings (SSSR count). The van der Waals surface area contributed by atoms with E-state index in [1.54, 1.807) is 0 Å². The van der Waals surface area contributed by atoms with Crippen LogP contribution >= 0.6 is 15.9 Å². The molecule has 1 aliphatic heterocycles. The molecule has 1 fully saturated rings. The number of carbonyl (C=O) groups excluding carboxylic acids is 1. The highest BCUT2D eigenvalue weighted by molar-refractivity contribution is 9.10. The molecule has 1 aliphatic rings. The predicted molar refractivity (Wildman–Crippen MR) is 105 cm³/mol. The summed E-state index contributed by atoms with van der Waals surface area (Å²) in [6, 6.07) is 9.85. The number of pyridine rings is 1. The molecule has 28 heavy (non-hydrogen) atoms. The van der Waals surface area contributed by atoms with Crippen molar-refractivity contribution in [1.29, 1.82) is 0 Å². The van der Waals surface area contributed by atoms with E-state index >= 15 is 0 Å². The van der Waals surface area contributed by atoms with Gasteiger partial charge in [-0.3, -0.25) is 9.69 Å². The summed E-state index contributed by atoms with van der Waals surface area (Å²) in [5.74, 6) is 0.417.